The molecule has 2 rings (SSSR count). The molecule has 0 amide bonds. The molecule has 1 saturated heterocycles. The van der Waals surface area contributed by atoms with Crippen LogP contribution in [0.3, 0.4) is 0 Å². The van der Waals surface area contributed by atoms with E-state index in [1.165, 1.54) is 0 Å². The first-order valence-electron chi connectivity index (χ1n) is 6.87. The topological polar surface area (TPSA) is 52.9 Å². The van der Waals surface area contributed by atoms with E-state index in [4.69, 9.17) is 4.74 Å². The van der Waals surface area contributed by atoms with Crippen LogP contribution in [0.15, 0.2) is 18.2 Å². The fraction of sp³-hybridized carbons (Fsp3) is 0.600. The summed E-state index contributed by atoms with van der Waals surface area (Å²) in [6, 6.07) is 4.95. The third kappa shape index (κ3) is 3.19. The van der Waals surface area contributed by atoms with E-state index < -0.39 is 0 Å². The van der Waals surface area contributed by atoms with E-state index in [9.17, 15) is 10.2 Å². The normalized spacial score (nSPS) is 19.5. The fourth-order valence-corrected chi connectivity index (χ4v) is 2.89. The highest BCUT2D eigenvalue weighted by molar-refractivity contribution is 5.45. The molecular formula is C15H23NO3. The fourth-order valence-electron chi connectivity index (χ4n) is 2.89. The maximum atomic E-state index is 9.92. The Morgan fingerprint density at radius 3 is 2.37 bits per heavy atom. The molecule has 0 bridgehead atoms. The van der Waals surface area contributed by atoms with Crippen molar-refractivity contribution in [3.05, 3.63) is 23.8 Å². The molecule has 106 valence electrons. The molecule has 19 heavy (non-hydrogen) atoms. The number of ether oxygens (including phenoxy) is 1. The van der Waals surface area contributed by atoms with E-state index in [0.29, 0.717) is 11.5 Å². The van der Waals surface area contributed by atoms with Gasteiger partial charge < -0.3 is 14.9 Å². The Balaban J connectivity index is 2.03. The number of phenols is 2. The average Bonchev–Trinajstić information content (AvgIpc) is 2.39. The van der Waals surface area contributed by atoms with Crippen molar-refractivity contribution in [1.29, 1.82) is 0 Å². The maximum absolute atomic E-state index is 9.92. The van der Waals surface area contributed by atoms with Crippen LogP contribution in [-0.4, -0.2) is 41.9 Å². The summed E-state index contributed by atoms with van der Waals surface area (Å²) in [5, 5.41) is 19.8. The molecule has 0 saturated carbocycles. The first kappa shape index (κ1) is 14.2. The Hall–Kier alpha value is -1.26. The predicted octanol–water partition coefficient (Wildman–Crippen LogP) is 2.52. The molecule has 4 heteroatoms. The van der Waals surface area contributed by atoms with Crippen LogP contribution in [0.2, 0.25) is 0 Å². The summed E-state index contributed by atoms with van der Waals surface area (Å²) >= 11 is 0. The van der Waals surface area contributed by atoms with Crippen LogP contribution in [0.1, 0.15) is 31.4 Å². The highest BCUT2D eigenvalue weighted by Crippen LogP contribution is 2.37. The average molecular weight is 265 g/mol. The van der Waals surface area contributed by atoms with E-state index in [-0.39, 0.29) is 17.5 Å². The van der Waals surface area contributed by atoms with Crippen molar-refractivity contribution < 1.29 is 14.9 Å². The molecule has 1 aromatic carbocycles. The number of phenolic OH excluding ortho intramolecular Hbond substituents is 2. The van der Waals surface area contributed by atoms with Gasteiger partial charge in [-0.3, -0.25) is 4.90 Å². The highest BCUT2D eigenvalue weighted by Gasteiger charge is 2.26. The minimum atomic E-state index is 0.0321. The van der Waals surface area contributed by atoms with Crippen LogP contribution in [0.5, 0.6) is 11.5 Å². The third-order valence-corrected chi connectivity index (χ3v) is 4.08. The van der Waals surface area contributed by atoms with Crippen molar-refractivity contribution in [2.45, 2.75) is 25.8 Å². The molecule has 1 unspecified atom stereocenters. The summed E-state index contributed by atoms with van der Waals surface area (Å²) in [6.07, 6.45) is 2.21. The van der Waals surface area contributed by atoms with E-state index >= 15 is 0 Å². The number of likely N-dealkylation sites (tertiary alicyclic amines) is 1. The van der Waals surface area contributed by atoms with Gasteiger partial charge >= 0.3 is 0 Å². The molecule has 0 radical (unpaired) electrons. The van der Waals surface area contributed by atoms with Gasteiger partial charge in [0.25, 0.3) is 0 Å². The number of hydrogen-bond acceptors (Lipinski definition) is 4. The number of benzene rings is 1. The number of rotatable bonds is 4. The summed E-state index contributed by atoms with van der Waals surface area (Å²) in [6.45, 7) is 4.81. The molecule has 0 spiro atoms. The van der Waals surface area contributed by atoms with Gasteiger partial charge in [-0.15, -0.1) is 0 Å². The Morgan fingerprint density at radius 1 is 1.26 bits per heavy atom. The van der Waals surface area contributed by atoms with Gasteiger partial charge in [0.05, 0.1) is 5.56 Å². The van der Waals surface area contributed by atoms with Gasteiger partial charge in [-0.25, -0.2) is 0 Å². The summed E-state index contributed by atoms with van der Waals surface area (Å²) in [7, 11) is 1.75. The first-order valence-corrected chi connectivity index (χ1v) is 6.87. The molecule has 1 aromatic rings. The molecular weight excluding hydrogens is 242 g/mol. The molecule has 0 aliphatic carbocycles. The molecule has 1 atom stereocenters. The van der Waals surface area contributed by atoms with Crippen LogP contribution in [0, 0.1) is 5.92 Å². The van der Waals surface area contributed by atoms with Crippen molar-refractivity contribution >= 4 is 0 Å². The van der Waals surface area contributed by atoms with Gasteiger partial charge in [-0.2, -0.15) is 0 Å². The van der Waals surface area contributed by atoms with Crippen LogP contribution in [0.25, 0.3) is 0 Å². The van der Waals surface area contributed by atoms with Crippen LogP contribution >= 0.6 is 0 Å². The van der Waals surface area contributed by atoms with Crippen LogP contribution in [0.4, 0.5) is 0 Å². The predicted molar refractivity (Wildman–Crippen MR) is 74.4 cm³/mol. The van der Waals surface area contributed by atoms with Crippen molar-refractivity contribution in [2.24, 2.45) is 5.92 Å². The molecule has 2 N–H and O–H groups in total. The SMILES string of the molecule is COCC1CCN(C(C)c2c(O)cccc2O)CC1. The lowest BCUT2D eigenvalue weighted by molar-refractivity contribution is 0.0822. The first-order chi connectivity index (χ1) is 9.13. The quantitative estimate of drug-likeness (QED) is 0.878. The third-order valence-electron chi connectivity index (χ3n) is 4.08. The Morgan fingerprint density at radius 2 is 1.84 bits per heavy atom. The maximum Gasteiger partial charge on any atom is 0.124 e. The second-order valence-corrected chi connectivity index (χ2v) is 5.32. The number of piperidine rings is 1. The van der Waals surface area contributed by atoms with Gasteiger partial charge in [-0.1, -0.05) is 6.07 Å². The number of nitrogens with zero attached hydrogens (tertiary/aromatic N) is 1. The standard InChI is InChI=1S/C15H23NO3/c1-11(15-13(17)4-3-5-14(15)18)16-8-6-12(7-9-16)10-19-2/h3-5,11-12,17-18H,6-10H2,1-2H3. The zero-order chi connectivity index (χ0) is 13.8. The number of aromatic hydroxyl groups is 2. The lowest BCUT2D eigenvalue weighted by Crippen LogP contribution is -2.36. The van der Waals surface area contributed by atoms with Crippen LogP contribution < -0.4 is 0 Å². The summed E-state index contributed by atoms with van der Waals surface area (Å²) in [4.78, 5) is 2.31. The molecule has 4 nitrogen and oxygen atoms in total. The Bertz CT molecular complexity index is 394. The second-order valence-electron chi connectivity index (χ2n) is 5.32. The molecule has 1 aliphatic heterocycles. The zero-order valence-electron chi connectivity index (χ0n) is 11.7. The summed E-state index contributed by atoms with van der Waals surface area (Å²) in [5.41, 5.74) is 0.632. The lowest BCUT2D eigenvalue weighted by atomic mass is 9.95. The van der Waals surface area contributed by atoms with E-state index in [1.54, 1.807) is 25.3 Å². The minimum Gasteiger partial charge on any atom is -0.507 e. The Kier molecular flexibility index (Phi) is 4.66. The highest BCUT2D eigenvalue weighted by atomic mass is 16.5. The van der Waals surface area contributed by atoms with Crippen molar-refractivity contribution in [2.75, 3.05) is 26.8 Å². The molecule has 1 aliphatic rings. The van der Waals surface area contributed by atoms with Gasteiger partial charge in [0.1, 0.15) is 11.5 Å². The van der Waals surface area contributed by atoms with Gasteiger partial charge in [0.15, 0.2) is 0 Å². The van der Waals surface area contributed by atoms with Crippen molar-refractivity contribution in [3.63, 3.8) is 0 Å². The van der Waals surface area contributed by atoms with E-state index in [2.05, 4.69) is 4.90 Å². The smallest absolute Gasteiger partial charge is 0.124 e. The zero-order valence-corrected chi connectivity index (χ0v) is 11.7. The molecule has 1 heterocycles. The number of hydrogen-bond donors (Lipinski definition) is 2. The van der Waals surface area contributed by atoms with Gasteiger partial charge in [-0.05, 0) is 50.9 Å². The summed E-state index contributed by atoms with van der Waals surface area (Å²) < 4.78 is 5.20. The van der Waals surface area contributed by atoms with Gasteiger partial charge in [0.2, 0.25) is 0 Å². The van der Waals surface area contributed by atoms with E-state index in [1.807, 2.05) is 6.92 Å². The lowest BCUT2D eigenvalue weighted by Gasteiger charge is -2.36. The van der Waals surface area contributed by atoms with Crippen LogP contribution in [-0.2, 0) is 4.74 Å². The Labute approximate surface area is 114 Å². The largest absolute Gasteiger partial charge is 0.507 e. The van der Waals surface area contributed by atoms with Gasteiger partial charge in [0, 0.05) is 19.8 Å². The number of methoxy groups -OCH3 is 1. The summed E-state index contributed by atoms with van der Waals surface area (Å²) in [5.74, 6) is 0.976. The molecule has 1 fully saturated rings. The van der Waals surface area contributed by atoms with Crippen molar-refractivity contribution in [3.8, 4) is 11.5 Å². The second kappa shape index (κ2) is 6.26. The molecule has 0 aromatic heterocycles. The van der Waals surface area contributed by atoms with E-state index in [0.717, 1.165) is 32.5 Å². The van der Waals surface area contributed by atoms with Crippen molar-refractivity contribution in [1.82, 2.24) is 4.90 Å². The minimum absolute atomic E-state index is 0.0321. The monoisotopic (exact) mass is 265 g/mol.